The third kappa shape index (κ3) is 5.96. The summed E-state index contributed by atoms with van der Waals surface area (Å²) in [5, 5.41) is 5.51. The van der Waals surface area contributed by atoms with Gasteiger partial charge in [-0.2, -0.15) is 0 Å². The number of fused-ring (bicyclic) bond motifs is 2. The normalized spacial score (nSPS) is 12.0. The van der Waals surface area contributed by atoms with Crippen LogP contribution in [0.2, 0.25) is 5.02 Å². The predicted octanol–water partition coefficient (Wildman–Crippen LogP) is 2.23. The number of hydrogen-bond donors (Lipinski definition) is 4. The highest BCUT2D eigenvalue weighted by Crippen LogP contribution is 2.29. The zero-order valence-electron chi connectivity index (χ0n) is 17.4. The van der Waals surface area contributed by atoms with Gasteiger partial charge in [-0.1, -0.05) is 17.7 Å². The van der Waals surface area contributed by atoms with Crippen LogP contribution in [-0.2, 0) is 4.79 Å². The molecule has 9 heteroatoms. The lowest BCUT2D eigenvalue weighted by molar-refractivity contribution is -0.122. The molecule has 0 unspecified atom stereocenters. The molecule has 0 spiro atoms. The van der Waals surface area contributed by atoms with E-state index in [-0.39, 0.29) is 11.9 Å². The number of halogens is 1. The number of rotatable bonds is 9. The van der Waals surface area contributed by atoms with Crippen LogP contribution in [0.5, 0.6) is 5.75 Å². The summed E-state index contributed by atoms with van der Waals surface area (Å²) in [6.07, 6.45) is 1.13. The number of benzene rings is 2. The van der Waals surface area contributed by atoms with Crippen LogP contribution < -0.4 is 27.3 Å². The number of nitrogens with two attached hydrogens (primary N) is 3. The summed E-state index contributed by atoms with van der Waals surface area (Å²) in [7, 11) is 0. The second-order valence-electron chi connectivity index (χ2n) is 7.27. The van der Waals surface area contributed by atoms with Gasteiger partial charge in [0.1, 0.15) is 12.4 Å². The van der Waals surface area contributed by atoms with Crippen LogP contribution in [0.25, 0.3) is 21.8 Å². The van der Waals surface area contributed by atoms with Crippen LogP contribution in [0, 0.1) is 6.92 Å². The van der Waals surface area contributed by atoms with Gasteiger partial charge in [-0.25, -0.2) is 4.98 Å². The van der Waals surface area contributed by atoms with Crippen molar-refractivity contribution in [1.82, 2.24) is 10.3 Å². The van der Waals surface area contributed by atoms with Gasteiger partial charge in [-0.15, -0.1) is 0 Å². The maximum Gasteiger partial charge on any atom is 0.237 e. The average Bonchev–Trinajstić information content (AvgIpc) is 2.74. The number of aryl methyl sites for hydroxylation is 1. The quantitative estimate of drug-likeness (QED) is 0.173. The minimum Gasteiger partial charge on any atom is -0.492 e. The highest BCUT2D eigenvalue weighted by Gasteiger charge is 2.12. The zero-order valence-corrected chi connectivity index (χ0v) is 18.2. The van der Waals surface area contributed by atoms with E-state index in [9.17, 15) is 4.79 Å². The van der Waals surface area contributed by atoms with Crippen LogP contribution in [0.15, 0.2) is 41.4 Å². The van der Waals surface area contributed by atoms with Crippen molar-refractivity contribution in [2.24, 2.45) is 22.2 Å². The molecule has 8 nitrogen and oxygen atoms in total. The van der Waals surface area contributed by atoms with Crippen LogP contribution in [0.4, 0.5) is 0 Å². The van der Waals surface area contributed by atoms with Gasteiger partial charge in [0.2, 0.25) is 5.91 Å². The molecule has 0 bridgehead atoms. The van der Waals surface area contributed by atoms with E-state index in [4.69, 9.17) is 33.5 Å². The number of nitrogens with one attached hydrogen (secondary N) is 1. The number of carbonyl (C=O) groups is 1. The van der Waals surface area contributed by atoms with E-state index in [0.29, 0.717) is 43.3 Å². The second-order valence-corrected chi connectivity index (χ2v) is 7.71. The van der Waals surface area contributed by atoms with Gasteiger partial charge in [-0.3, -0.25) is 9.79 Å². The molecule has 3 aromatic rings. The Bertz CT molecular complexity index is 1110. The highest BCUT2D eigenvalue weighted by molar-refractivity contribution is 6.31. The van der Waals surface area contributed by atoms with Gasteiger partial charge in [0.15, 0.2) is 5.96 Å². The SMILES string of the molecule is Cc1c2ccc(Cl)cc2nc2ccc(OCCNC(=O)[C@@H](N)CCCN=C(N)N)cc12. The number of aromatic nitrogens is 1. The number of amides is 1. The van der Waals surface area contributed by atoms with Crippen LogP contribution in [0.1, 0.15) is 18.4 Å². The van der Waals surface area contributed by atoms with Gasteiger partial charge < -0.3 is 27.3 Å². The minimum atomic E-state index is -0.606. The molecule has 3 rings (SSSR count). The average molecular weight is 443 g/mol. The van der Waals surface area contributed by atoms with Crippen molar-refractivity contribution in [2.45, 2.75) is 25.8 Å². The lowest BCUT2D eigenvalue weighted by Crippen LogP contribution is -2.42. The first-order chi connectivity index (χ1) is 14.8. The Labute approximate surface area is 185 Å². The number of pyridine rings is 1. The van der Waals surface area contributed by atoms with E-state index in [0.717, 1.165) is 27.4 Å². The van der Waals surface area contributed by atoms with Crippen molar-refractivity contribution in [1.29, 1.82) is 0 Å². The molecule has 0 fully saturated rings. The first-order valence-corrected chi connectivity index (χ1v) is 10.4. The maximum atomic E-state index is 12.1. The Morgan fingerprint density at radius 3 is 2.77 bits per heavy atom. The van der Waals surface area contributed by atoms with Gasteiger partial charge in [0.25, 0.3) is 0 Å². The van der Waals surface area contributed by atoms with Crippen molar-refractivity contribution in [3.8, 4) is 5.75 Å². The molecule has 1 atom stereocenters. The van der Waals surface area contributed by atoms with Gasteiger partial charge >= 0.3 is 0 Å². The maximum absolute atomic E-state index is 12.1. The summed E-state index contributed by atoms with van der Waals surface area (Å²) in [5.41, 5.74) is 19.3. The summed E-state index contributed by atoms with van der Waals surface area (Å²) in [5.74, 6) is 0.519. The monoisotopic (exact) mass is 442 g/mol. The van der Waals surface area contributed by atoms with E-state index in [2.05, 4.69) is 22.2 Å². The van der Waals surface area contributed by atoms with Crippen molar-refractivity contribution >= 4 is 45.3 Å². The number of carbonyl (C=O) groups excluding carboxylic acids is 1. The Morgan fingerprint density at radius 1 is 1.19 bits per heavy atom. The zero-order chi connectivity index (χ0) is 22.4. The summed E-state index contributed by atoms with van der Waals surface area (Å²) < 4.78 is 5.81. The molecule has 0 aliphatic heterocycles. The van der Waals surface area contributed by atoms with Gasteiger partial charge in [-0.05, 0) is 55.7 Å². The third-order valence-corrected chi connectivity index (χ3v) is 5.19. The van der Waals surface area contributed by atoms with E-state index < -0.39 is 6.04 Å². The molecular weight excluding hydrogens is 416 g/mol. The first kappa shape index (κ1) is 22.6. The van der Waals surface area contributed by atoms with Crippen molar-refractivity contribution in [3.05, 3.63) is 47.0 Å². The highest BCUT2D eigenvalue weighted by atomic mass is 35.5. The van der Waals surface area contributed by atoms with Crippen molar-refractivity contribution in [2.75, 3.05) is 19.7 Å². The molecule has 164 valence electrons. The van der Waals surface area contributed by atoms with Gasteiger partial charge in [0.05, 0.1) is 23.6 Å². The lowest BCUT2D eigenvalue weighted by atomic mass is 10.0. The molecule has 31 heavy (non-hydrogen) atoms. The first-order valence-electron chi connectivity index (χ1n) is 10.1. The van der Waals surface area contributed by atoms with Crippen molar-refractivity contribution in [3.63, 3.8) is 0 Å². The van der Waals surface area contributed by atoms with E-state index in [1.54, 1.807) is 0 Å². The molecule has 2 aromatic carbocycles. The molecule has 0 aliphatic rings. The predicted molar refractivity (Wildman–Crippen MR) is 125 cm³/mol. The van der Waals surface area contributed by atoms with Crippen LogP contribution in [-0.4, -0.2) is 42.6 Å². The van der Waals surface area contributed by atoms with Crippen molar-refractivity contribution < 1.29 is 9.53 Å². The standard InChI is InChI=1S/C22H27ClN6O2/c1-13-16-6-4-14(23)11-20(16)29-19-7-5-15(12-17(13)19)31-10-9-27-21(30)18(24)3-2-8-28-22(25)26/h4-7,11-12,18H,2-3,8-10,24H2,1H3,(H,27,30)(H4,25,26,28)/t18-/m0/s1. The number of aliphatic imine (C=N–C) groups is 1. The number of ether oxygens (including phenoxy) is 1. The molecule has 1 heterocycles. The minimum absolute atomic E-state index is 0.0346. The Morgan fingerprint density at radius 2 is 2.00 bits per heavy atom. The largest absolute Gasteiger partial charge is 0.492 e. The molecule has 1 aromatic heterocycles. The molecular formula is C22H27ClN6O2. The Hall–Kier alpha value is -3.10. The lowest BCUT2D eigenvalue weighted by Gasteiger charge is -2.13. The fraction of sp³-hybridized carbons (Fsp3) is 0.318. The van der Waals surface area contributed by atoms with Crippen LogP contribution in [0.3, 0.4) is 0 Å². The van der Waals surface area contributed by atoms with Crippen LogP contribution >= 0.6 is 11.6 Å². The summed E-state index contributed by atoms with van der Waals surface area (Å²) in [4.78, 5) is 20.6. The summed E-state index contributed by atoms with van der Waals surface area (Å²) in [6.45, 7) is 3.18. The fourth-order valence-corrected chi connectivity index (χ4v) is 3.48. The number of hydrogen-bond acceptors (Lipinski definition) is 5. The molecule has 1 amide bonds. The molecule has 7 N–H and O–H groups in total. The molecule has 0 aliphatic carbocycles. The Kier molecular flexibility index (Phi) is 7.49. The topological polar surface area (TPSA) is 142 Å². The van der Waals surface area contributed by atoms with E-state index in [1.807, 2.05) is 36.4 Å². The van der Waals surface area contributed by atoms with E-state index >= 15 is 0 Å². The molecule has 0 saturated carbocycles. The Balaban J connectivity index is 1.53. The van der Waals surface area contributed by atoms with Gasteiger partial charge in [0, 0.05) is 22.3 Å². The molecule has 0 saturated heterocycles. The summed E-state index contributed by atoms with van der Waals surface area (Å²) in [6, 6.07) is 10.8. The smallest absolute Gasteiger partial charge is 0.237 e. The fourth-order valence-electron chi connectivity index (χ4n) is 3.32. The molecule has 0 radical (unpaired) electrons. The third-order valence-electron chi connectivity index (χ3n) is 4.95. The number of nitrogens with zero attached hydrogens (tertiary/aromatic N) is 2. The second kappa shape index (κ2) is 10.3. The van der Waals surface area contributed by atoms with E-state index in [1.165, 1.54) is 0 Å². The summed E-state index contributed by atoms with van der Waals surface area (Å²) >= 11 is 6.09. The number of guanidine groups is 1.